The Morgan fingerprint density at radius 3 is 2.59 bits per heavy atom. The van der Waals surface area contributed by atoms with Crippen molar-refractivity contribution in [3.8, 4) is 0 Å². The van der Waals surface area contributed by atoms with E-state index in [1.807, 2.05) is 50.8 Å². The number of aromatic nitrogens is 3. The normalized spacial score (nSPS) is 17.2. The van der Waals surface area contributed by atoms with Crippen LogP contribution in [0.3, 0.4) is 0 Å². The molecule has 1 aliphatic rings. The third kappa shape index (κ3) is 5.71. The van der Waals surface area contributed by atoms with Crippen molar-refractivity contribution in [2.45, 2.75) is 33.8 Å². The van der Waals surface area contributed by atoms with Gasteiger partial charge in [0, 0.05) is 37.6 Å². The molecule has 156 valence electrons. The van der Waals surface area contributed by atoms with Crippen LogP contribution < -0.4 is 5.32 Å². The lowest BCUT2D eigenvalue weighted by atomic mass is 10.2. The maximum absolute atomic E-state index is 12.4. The van der Waals surface area contributed by atoms with Crippen molar-refractivity contribution in [2.24, 2.45) is 0 Å². The summed E-state index contributed by atoms with van der Waals surface area (Å²) in [7, 11) is 0. The third-order valence-corrected chi connectivity index (χ3v) is 4.98. The van der Waals surface area contributed by atoms with Crippen molar-refractivity contribution in [3.05, 3.63) is 41.5 Å². The number of hydrogen-bond acceptors (Lipinski definition) is 7. The molecular weight excluding hydrogens is 368 g/mol. The Kier molecular flexibility index (Phi) is 7.11. The fourth-order valence-corrected chi connectivity index (χ4v) is 3.47. The van der Waals surface area contributed by atoms with E-state index in [0.29, 0.717) is 25.6 Å². The molecule has 2 aromatic heterocycles. The second-order valence-corrected chi connectivity index (χ2v) is 7.23. The molecule has 8 heteroatoms. The first-order valence-electron chi connectivity index (χ1n) is 10.2. The van der Waals surface area contributed by atoms with E-state index in [2.05, 4.69) is 25.2 Å². The van der Waals surface area contributed by atoms with Crippen LogP contribution in [-0.2, 0) is 9.53 Å². The summed E-state index contributed by atoms with van der Waals surface area (Å²) < 4.78 is 5.90. The molecule has 0 bridgehead atoms. The quantitative estimate of drug-likeness (QED) is 0.767. The van der Waals surface area contributed by atoms with E-state index in [9.17, 15) is 4.79 Å². The summed E-state index contributed by atoms with van der Waals surface area (Å²) in [4.78, 5) is 29.7. The van der Waals surface area contributed by atoms with E-state index in [-0.39, 0.29) is 12.0 Å². The van der Waals surface area contributed by atoms with Crippen LogP contribution in [0.4, 0.5) is 11.6 Å². The van der Waals surface area contributed by atoms with E-state index >= 15 is 0 Å². The number of morpholine rings is 1. The highest BCUT2D eigenvalue weighted by atomic mass is 16.5. The van der Waals surface area contributed by atoms with Crippen molar-refractivity contribution in [2.75, 3.05) is 44.6 Å². The van der Waals surface area contributed by atoms with Crippen molar-refractivity contribution in [1.82, 2.24) is 24.8 Å². The minimum Gasteiger partial charge on any atom is -0.369 e. The highest BCUT2D eigenvalue weighted by Gasteiger charge is 2.25. The molecule has 1 atom stereocenters. The summed E-state index contributed by atoms with van der Waals surface area (Å²) in [6, 6.07) is 5.84. The molecule has 1 N–H and O–H groups in total. The summed E-state index contributed by atoms with van der Waals surface area (Å²) >= 11 is 0. The van der Waals surface area contributed by atoms with E-state index in [4.69, 9.17) is 4.74 Å². The molecule has 0 aliphatic carbocycles. The van der Waals surface area contributed by atoms with Crippen molar-refractivity contribution in [3.63, 3.8) is 0 Å². The molecule has 1 aliphatic heterocycles. The second-order valence-electron chi connectivity index (χ2n) is 7.23. The van der Waals surface area contributed by atoms with Gasteiger partial charge < -0.3 is 15.0 Å². The molecule has 0 aromatic carbocycles. The molecule has 2 aromatic rings. The monoisotopic (exact) mass is 398 g/mol. The van der Waals surface area contributed by atoms with Crippen LogP contribution in [0.5, 0.6) is 0 Å². The maximum atomic E-state index is 12.4. The second kappa shape index (κ2) is 9.76. The van der Waals surface area contributed by atoms with Gasteiger partial charge >= 0.3 is 0 Å². The van der Waals surface area contributed by atoms with Crippen LogP contribution in [0.2, 0.25) is 0 Å². The Bertz CT molecular complexity index is 802. The van der Waals surface area contributed by atoms with Crippen LogP contribution in [0, 0.1) is 13.8 Å². The number of nitrogens with one attached hydrogen (secondary N) is 1. The lowest BCUT2D eigenvalue weighted by Gasteiger charge is -2.33. The highest BCUT2D eigenvalue weighted by Crippen LogP contribution is 2.22. The van der Waals surface area contributed by atoms with Gasteiger partial charge in [-0.05, 0) is 45.9 Å². The number of ether oxygens (including phenoxy) is 1. The molecule has 1 saturated heterocycles. The molecule has 0 saturated carbocycles. The van der Waals surface area contributed by atoms with Gasteiger partial charge in [0.05, 0.1) is 30.7 Å². The van der Waals surface area contributed by atoms with Gasteiger partial charge in [0.1, 0.15) is 6.10 Å². The smallest absolute Gasteiger partial charge is 0.236 e. The zero-order valence-corrected chi connectivity index (χ0v) is 17.7. The van der Waals surface area contributed by atoms with Gasteiger partial charge in [-0.15, -0.1) is 0 Å². The minimum atomic E-state index is -0.139. The number of likely N-dealkylation sites (N-methyl/N-ethyl adjacent to an activating group) is 1. The number of pyridine rings is 1. The number of anilines is 2. The maximum Gasteiger partial charge on any atom is 0.236 e. The van der Waals surface area contributed by atoms with Gasteiger partial charge in [-0.25, -0.2) is 9.97 Å². The first-order chi connectivity index (χ1) is 14.0. The first-order valence-corrected chi connectivity index (χ1v) is 10.2. The van der Waals surface area contributed by atoms with Gasteiger partial charge in [-0.3, -0.25) is 14.7 Å². The molecule has 1 amide bonds. The molecule has 8 nitrogen and oxygen atoms in total. The topological polar surface area (TPSA) is 83.5 Å². The zero-order chi connectivity index (χ0) is 20.8. The lowest BCUT2D eigenvalue weighted by molar-refractivity contribution is -0.134. The largest absolute Gasteiger partial charge is 0.369 e. The van der Waals surface area contributed by atoms with Crippen LogP contribution in [0.1, 0.15) is 37.0 Å². The Balaban J connectivity index is 1.61. The van der Waals surface area contributed by atoms with Gasteiger partial charge in [-0.2, -0.15) is 0 Å². The predicted molar refractivity (Wildman–Crippen MR) is 112 cm³/mol. The molecule has 1 fully saturated rings. The Hall–Kier alpha value is -2.58. The molecule has 3 rings (SSSR count). The Morgan fingerprint density at radius 1 is 1.24 bits per heavy atom. The van der Waals surface area contributed by atoms with E-state index in [1.54, 1.807) is 6.20 Å². The molecule has 0 unspecified atom stereocenters. The first kappa shape index (κ1) is 21.1. The number of nitrogens with zero attached hydrogens (tertiary/aromatic N) is 5. The summed E-state index contributed by atoms with van der Waals surface area (Å²) in [5.74, 6) is 0.726. The number of hydrogen-bond donors (Lipinski definition) is 1. The number of carbonyl (C=O) groups excluding carboxylic acids is 1. The Morgan fingerprint density at radius 2 is 1.97 bits per heavy atom. The van der Waals surface area contributed by atoms with Crippen LogP contribution in [0.25, 0.3) is 0 Å². The highest BCUT2D eigenvalue weighted by molar-refractivity contribution is 5.78. The average Bonchev–Trinajstić information content (AvgIpc) is 2.69. The molecule has 3 heterocycles. The third-order valence-electron chi connectivity index (χ3n) is 4.98. The van der Waals surface area contributed by atoms with Crippen LogP contribution in [-0.4, -0.2) is 70.0 Å². The SMILES string of the molecule is CCN(CC)C(=O)CN1CCO[C@@H](c2ccc(Nc3nc(C)cc(C)n3)cn2)C1. The summed E-state index contributed by atoms with van der Waals surface area (Å²) in [6.07, 6.45) is 1.62. The Labute approximate surface area is 172 Å². The fraction of sp³-hybridized carbons (Fsp3) is 0.524. The molecule has 29 heavy (non-hydrogen) atoms. The van der Waals surface area contributed by atoms with Gasteiger partial charge in [-0.1, -0.05) is 0 Å². The van der Waals surface area contributed by atoms with Crippen molar-refractivity contribution >= 4 is 17.5 Å². The predicted octanol–water partition coefficient (Wildman–Crippen LogP) is 2.47. The molecule has 0 radical (unpaired) electrons. The molecule has 0 spiro atoms. The standard InChI is InChI=1S/C21H30N6O2/c1-5-27(6-2)20(28)14-26-9-10-29-19(13-26)18-8-7-17(12-22-18)25-21-23-15(3)11-16(4)24-21/h7-8,11-12,19H,5-6,9-10,13-14H2,1-4H3,(H,23,24,25)/t19-/m1/s1. The zero-order valence-electron chi connectivity index (χ0n) is 17.7. The van der Waals surface area contributed by atoms with Crippen molar-refractivity contribution in [1.29, 1.82) is 0 Å². The summed E-state index contributed by atoms with van der Waals surface area (Å²) in [5, 5.41) is 3.19. The average molecular weight is 399 g/mol. The van der Waals surface area contributed by atoms with E-state index in [1.165, 1.54) is 0 Å². The van der Waals surface area contributed by atoms with Gasteiger partial charge in [0.15, 0.2) is 0 Å². The number of rotatable bonds is 7. The number of aryl methyl sites for hydroxylation is 2. The number of amides is 1. The van der Waals surface area contributed by atoms with Crippen LogP contribution >= 0.6 is 0 Å². The van der Waals surface area contributed by atoms with Crippen LogP contribution in [0.15, 0.2) is 24.4 Å². The van der Waals surface area contributed by atoms with Gasteiger partial charge in [0.25, 0.3) is 0 Å². The lowest BCUT2D eigenvalue weighted by Crippen LogP contribution is -2.45. The van der Waals surface area contributed by atoms with Gasteiger partial charge in [0.2, 0.25) is 11.9 Å². The van der Waals surface area contributed by atoms with E-state index in [0.717, 1.165) is 42.4 Å². The minimum absolute atomic E-state index is 0.139. The number of carbonyl (C=O) groups is 1. The van der Waals surface area contributed by atoms with Crippen molar-refractivity contribution < 1.29 is 9.53 Å². The summed E-state index contributed by atoms with van der Waals surface area (Å²) in [5.41, 5.74) is 3.51. The van der Waals surface area contributed by atoms with E-state index < -0.39 is 0 Å². The molecular formula is C21H30N6O2. The summed E-state index contributed by atoms with van der Waals surface area (Å²) in [6.45, 7) is 11.8. The fourth-order valence-electron chi connectivity index (χ4n) is 3.47.